The van der Waals surface area contributed by atoms with Gasteiger partial charge in [0, 0.05) is 51.2 Å². The van der Waals surface area contributed by atoms with Crippen LogP contribution >= 0.6 is 0 Å². The molecule has 1 fully saturated rings. The largest absolute Gasteiger partial charge is 0.333 e. The van der Waals surface area contributed by atoms with Crippen LogP contribution in [0, 0.1) is 12.3 Å². The third-order valence-electron chi connectivity index (χ3n) is 5.00. The molecule has 2 aliphatic heterocycles. The van der Waals surface area contributed by atoms with E-state index in [2.05, 4.69) is 32.6 Å². The van der Waals surface area contributed by atoms with Gasteiger partial charge in [0.1, 0.15) is 5.82 Å². The fraction of sp³-hybridized carbons (Fsp3) is 0.667. The average molecular weight is 327 g/mol. The highest BCUT2D eigenvalue weighted by atomic mass is 16.2. The van der Waals surface area contributed by atoms with Crippen LogP contribution in [0.2, 0.25) is 0 Å². The number of carbonyl (C=O) groups is 1. The van der Waals surface area contributed by atoms with E-state index in [1.54, 1.807) is 0 Å². The number of rotatable bonds is 7. The lowest BCUT2D eigenvalue weighted by Crippen LogP contribution is -2.40. The number of aromatic nitrogens is 2. The third kappa shape index (κ3) is 3.50. The molecule has 0 bridgehead atoms. The Morgan fingerprint density at radius 3 is 2.96 bits per heavy atom. The van der Waals surface area contributed by atoms with E-state index in [-0.39, 0.29) is 17.6 Å². The van der Waals surface area contributed by atoms with Gasteiger partial charge in [-0.2, -0.15) is 10.2 Å². The quantitative estimate of drug-likeness (QED) is 0.721. The minimum atomic E-state index is -0.380. The van der Waals surface area contributed by atoms with Crippen LogP contribution in [-0.2, 0) is 11.3 Å². The summed E-state index contributed by atoms with van der Waals surface area (Å²) in [7, 11) is 0. The highest BCUT2D eigenvalue weighted by Crippen LogP contribution is 2.38. The van der Waals surface area contributed by atoms with E-state index in [1.165, 1.54) is 0 Å². The summed E-state index contributed by atoms with van der Waals surface area (Å²) in [5.74, 6) is 3.82. The molecular formula is C18H25N5O. The summed E-state index contributed by atoms with van der Waals surface area (Å²) in [5, 5.41) is 8.25. The van der Waals surface area contributed by atoms with Crippen molar-refractivity contribution in [3.63, 3.8) is 0 Å². The Balaban J connectivity index is 1.63. The summed E-state index contributed by atoms with van der Waals surface area (Å²) in [5.41, 5.74) is -0.380. The van der Waals surface area contributed by atoms with Crippen LogP contribution in [0.15, 0.2) is 22.6 Å². The predicted octanol–water partition coefficient (Wildman–Crippen LogP) is 3.31. The second-order valence-corrected chi connectivity index (χ2v) is 6.56. The number of nitrogens with zero attached hydrogens (tertiary/aromatic N) is 5. The second kappa shape index (κ2) is 7.16. The van der Waals surface area contributed by atoms with Gasteiger partial charge >= 0.3 is 0 Å². The van der Waals surface area contributed by atoms with Crippen LogP contribution in [0.5, 0.6) is 0 Å². The molecule has 0 spiro atoms. The number of amides is 1. The monoisotopic (exact) mass is 327 g/mol. The Hall–Kier alpha value is -2.16. The van der Waals surface area contributed by atoms with Crippen molar-refractivity contribution in [2.75, 3.05) is 6.54 Å². The van der Waals surface area contributed by atoms with E-state index in [0.29, 0.717) is 19.3 Å². The molecule has 2 aliphatic rings. The molecule has 1 saturated heterocycles. The molecule has 0 saturated carbocycles. The molecule has 1 atom stereocenters. The van der Waals surface area contributed by atoms with E-state index in [4.69, 9.17) is 6.42 Å². The van der Waals surface area contributed by atoms with Gasteiger partial charge in [0.05, 0.1) is 6.04 Å². The van der Waals surface area contributed by atoms with E-state index in [0.717, 1.165) is 44.6 Å². The van der Waals surface area contributed by atoms with Crippen molar-refractivity contribution in [2.45, 2.75) is 70.1 Å². The van der Waals surface area contributed by atoms with Crippen molar-refractivity contribution >= 4 is 5.91 Å². The molecular weight excluding hydrogens is 302 g/mol. The van der Waals surface area contributed by atoms with Crippen molar-refractivity contribution in [3.05, 3.63) is 18.2 Å². The van der Waals surface area contributed by atoms with Crippen molar-refractivity contribution in [2.24, 2.45) is 10.2 Å². The van der Waals surface area contributed by atoms with Gasteiger partial charge < -0.3 is 9.47 Å². The molecule has 6 nitrogen and oxygen atoms in total. The SMILES string of the molecule is C#CCCC1(CCC(=O)N2CCCCC2c2nccn2CC)N=N1. The number of piperidine rings is 1. The molecule has 0 radical (unpaired) electrons. The van der Waals surface area contributed by atoms with Gasteiger partial charge in [0.25, 0.3) is 0 Å². The van der Waals surface area contributed by atoms with Gasteiger partial charge in [0.15, 0.2) is 5.66 Å². The Morgan fingerprint density at radius 2 is 2.25 bits per heavy atom. The lowest BCUT2D eigenvalue weighted by atomic mass is 9.98. The first-order valence-corrected chi connectivity index (χ1v) is 8.87. The third-order valence-corrected chi connectivity index (χ3v) is 5.00. The summed E-state index contributed by atoms with van der Waals surface area (Å²) >= 11 is 0. The molecule has 3 heterocycles. The second-order valence-electron chi connectivity index (χ2n) is 6.56. The topological polar surface area (TPSA) is 62.9 Å². The van der Waals surface area contributed by atoms with Crippen LogP contribution in [0.1, 0.15) is 63.7 Å². The van der Waals surface area contributed by atoms with Gasteiger partial charge in [-0.1, -0.05) is 0 Å². The van der Waals surface area contributed by atoms with Crippen LogP contribution in [-0.4, -0.2) is 32.6 Å². The van der Waals surface area contributed by atoms with Gasteiger partial charge in [-0.15, -0.1) is 12.3 Å². The predicted molar refractivity (Wildman–Crippen MR) is 91.1 cm³/mol. The lowest BCUT2D eigenvalue weighted by Gasteiger charge is -2.35. The minimum Gasteiger partial charge on any atom is -0.333 e. The van der Waals surface area contributed by atoms with Gasteiger partial charge in [-0.3, -0.25) is 4.79 Å². The molecule has 1 amide bonds. The summed E-state index contributed by atoms with van der Waals surface area (Å²) in [4.78, 5) is 19.3. The van der Waals surface area contributed by atoms with Crippen LogP contribution in [0.3, 0.4) is 0 Å². The molecule has 1 unspecified atom stereocenters. The number of carbonyl (C=O) groups excluding carboxylic acids is 1. The number of hydrogen-bond acceptors (Lipinski definition) is 4. The maximum Gasteiger partial charge on any atom is 0.223 e. The number of aryl methyl sites for hydroxylation is 1. The first-order valence-electron chi connectivity index (χ1n) is 8.87. The highest BCUT2D eigenvalue weighted by molar-refractivity contribution is 5.76. The molecule has 3 rings (SSSR count). The summed E-state index contributed by atoms with van der Waals surface area (Å²) in [6.45, 7) is 3.79. The summed E-state index contributed by atoms with van der Waals surface area (Å²) in [6, 6.07) is 0.0935. The molecule has 0 N–H and O–H groups in total. The molecule has 24 heavy (non-hydrogen) atoms. The van der Waals surface area contributed by atoms with Crippen LogP contribution < -0.4 is 0 Å². The first kappa shape index (κ1) is 16.7. The minimum absolute atomic E-state index is 0.0935. The van der Waals surface area contributed by atoms with E-state index in [1.807, 2.05) is 17.3 Å². The van der Waals surface area contributed by atoms with Crippen LogP contribution in [0.4, 0.5) is 0 Å². The van der Waals surface area contributed by atoms with Crippen LogP contribution in [0.25, 0.3) is 0 Å². The fourth-order valence-corrected chi connectivity index (χ4v) is 3.50. The number of imidazole rings is 1. The fourth-order valence-electron chi connectivity index (χ4n) is 3.50. The standard InChI is InChI=1S/C18H25N5O/c1-3-5-10-18(20-21-18)11-9-16(24)23-13-7-6-8-15(23)17-19-12-14-22(17)4-2/h1,12,14-15H,4-11,13H2,2H3. The van der Waals surface area contributed by atoms with Gasteiger partial charge in [-0.25, -0.2) is 4.98 Å². The van der Waals surface area contributed by atoms with E-state index in [9.17, 15) is 4.79 Å². The maximum absolute atomic E-state index is 12.8. The zero-order valence-corrected chi connectivity index (χ0v) is 14.3. The maximum atomic E-state index is 12.8. The van der Waals surface area contributed by atoms with Gasteiger partial charge in [-0.05, 0) is 26.2 Å². The average Bonchev–Trinajstić information content (AvgIpc) is 3.23. The smallest absolute Gasteiger partial charge is 0.223 e. The Kier molecular flexibility index (Phi) is 4.98. The Morgan fingerprint density at radius 1 is 1.42 bits per heavy atom. The molecule has 128 valence electrons. The normalized spacial score (nSPS) is 21.5. The van der Waals surface area contributed by atoms with E-state index >= 15 is 0 Å². The first-order chi connectivity index (χ1) is 11.7. The zero-order chi connectivity index (χ0) is 17.0. The highest BCUT2D eigenvalue weighted by Gasteiger charge is 2.40. The van der Waals surface area contributed by atoms with E-state index < -0.39 is 0 Å². The number of likely N-dealkylation sites (tertiary alicyclic amines) is 1. The molecule has 1 aromatic rings. The van der Waals surface area contributed by atoms with Crippen molar-refractivity contribution < 1.29 is 4.79 Å². The van der Waals surface area contributed by atoms with Crippen molar-refractivity contribution in [1.29, 1.82) is 0 Å². The molecule has 0 aliphatic carbocycles. The van der Waals surface area contributed by atoms with Crippen molar-refractivity contribution in [1.82, 2.24) is 14.5 Å². The van der Waals surface area contributed by atoms with Crippen molar-refractivity contribution in [3.8, 4) is 12.3 Å². The molecule has 1 aromatic heterocycles. The number of terminal acetylenes is 1. The Bertz CT molecular complexity index is 651. The number of hydrogen-bond donors (Lipinski definition) is 0. The lowest BCUT2D eigenvalue weighted by molar-refractivity contribution is -0.135. The Labute approximate surface area is 143 Å². The zero-order valence-electron chi connectivity index (χ0n) is 14.3. The summed E-state index contributed by atoms with van der Waals surface area (Å²) < 4.78 is 2.14. The summed E-state index contributed by atoms with van der Waals surface area (Å²) in [6.07, 6.45) is 14.9. The van der Waals surface area contributed by atoms with Gasteiger partial charge in [0.2, 0.25) is 5.91 Å². The molecule has 6 heteroatoms. The molecule has 0 aromatic carbocycles.